The Labute approximate surface area is 99.6 Å². The Balaban J connectivity index is 2.77. The third-order valence-corrected chi connectivity index (χ3v) is 5.53. The average molecular weight is 314 g/mol. The first-order valence-corrected chi connectivity index (χ1v) is 6.92. The van der Waals surface area contributed by atoms with Gasteiger partial charge in [0.15, 0.2) is 0 Å². The molecule has 0 unspecified atom stereocenters. The Morgan fingerprint density at radius 2 is 2.33 bits per heavy atom. The van der Waals surface area contributed by atoms with Crippen molar-refractivity contribution in [2.24, 2.45) is 0 Å². The number of hydrogen-bond acceptors (Lipinski definition) is 5. The van der Waals surface area contributed by atoms with Crippen LogP contribution in [0.15, 0.2) is 20.1 Å². The average Bonchev–Trinajstić information content (AvgIpc) is 2.61. The number of rotatable bonds is 4. The Bertz CT molecular complexity index is 453. The minimum atomic E-state index is -3.63. The van der Waals surface area contributed by atoms with E-state index in [0.717, 1.165) is 11.3 Å². The van der Waals surface area contributed by atoms with Gasteiger partial charge in [0.2, 0.25) is 0 Å². The molecule has 15 heavy (non-hydrogen) atoms. The van der Waals surface area contributed by atoms with Crippen LogP contribution in [-0.2, 0) is 19.6 Å². The number of halogens is 1. The maximum Gasteiger partial charge on any atom is 0.320 e. The molecule has 0 atom stereocenters. The maximum atomic E-state index is 11.6. The van der Waals surface area contributed by atoms with Crippen LogP contribution in [0.5, 0.6) is 0 Å². The monoisotopic (exact) mass is 313 g/mol. The standard InChI is InChI=1S/C7H8BrNO4S2/c1-13-6(10)4-9-15(11,12)7-5(8)2-3-14-7/h2-3,9H,4H2,1H3. The summed E-state index contributed by atoms with van der Waals surface area (Å²) in [5, 5.41) is 1.64. The molecule has 1 aromatic heterocycles. The van der Waals surface area contributed by atoms with E-state index in [2.05, 4.69) is 25.4 Å². The van der Waals surface area contributed by atoms with Gasteiger partial charge in [-0.05, 0) is 27.4 Å². The van der Waals surface area contributed by atoms with E-state index in [4.69, 9.17) is 0 Å². The van der Waals surface area contributed by atoms with Gasteiger partial charge in [0.1, 0.15) is 10.8 Å². The molecule has 0 aliphatic rings. The lowest BCUT2D eigenvalue weighted by molar-refractivity contribution is -0.139. The number of methoxy groups -OCH3 is 1. The molecule has 0 fully saturated rings. The van der Waals surface area contributed by atoms with Crippen LogP contribution in [0.4, 0.5) is 0 Å². The zero-order chi connectivity index (χ0) is 11.5. The number of esters is 1. The van der Waals surface area contributed by atoms with E-state index in [0.29, 0.717) is 4.47 Å². The molecule has 0 saturated carbocycles. The summed E-state index contributed by atoms with van der Waals surface area (Å²) >= 11 is 4.17. The highest BCUT2D eigenvalue weighted by molar-refractivity contribution is 9.10. The van der Waals surface area contributed by atoms with E-state index in [1.165, 1.54) is 7.11 Å². The van der Waals surface area contributed by atoms with Crippen LogP contribution in [0, 0.1) is 0 Å². The molecule has 0 spiro atoms. The number of carbonyl (C=O) groups excluding carboxylic acids is 1. The van der Waals surface area contributed by atoms with Gasteiger partial charge in [0, 0.05) is 4.47 Å². The molecule has 0 radical (unpaired) electrons. The first kappa shape index (κ1) is 12.6. The minimum absolute atomic E-state index is 0.145. The fraction of sp³-hybridized carbons (Fsp3) is 0.286. The lowest BCUT2D eigenvalue weighted by Crippen LogP contribution is -2.29. The van der Waals surface area contributed by atoms with Gasteiger partial charge < -0.3 is 4.74 Å². The number of nitrogens with one attached hydrogen (secondary N) is 1. The summed E-state index contributed by atoms with van der Waals surface area (Å²) in [6.07, 6.45) is 0. The van der Waals surface area contributed by atoms with Crippen LogP contribution in [0.1, 0.15) is 0 Å². The molecular formula is C7H8BrNO4S2. The largest absolute Gasteiger partial charge is 0.468 e. The molecule has 1 aromatic rings. The molecular weight excluding hydrogens is 306 g/mol. The highest BCUT2D eigenvalue weighted by Gasteiger charge is 2.19. The van der Waals surface area contributed by atoms with Crippen molar-refractivity contribution in [2.45, 2.75) is 4.21 Å². The summed E-state index contributed by atoms with van der Waals surface area (Å²) in [4.78, 5) is 10.8. The number of hydrogen-bond donors (Lipinski definition) is 1. The molecule has 8 heteroatoms. The second-order valence-corrected chi connectivity index (χ2v) is 6.19. The van der Waals surface area contributed by atoms with Crippen molar-refractivity contribution >= 4 is 43.3 Å². The number of sulfonamides is 1. The molecule has 1 N–H and O–H groups in total. The second-order valence-electron chi connectivity index (χ2n) is 2.46. The van der Waals surface area contributed by atoms with Crippen molar-refractivity contribution in [2.75, 3.05) is 13.7 Å². The summed E-state index contributed by atoms with van der Waals surface area (Å²) in [6, 6.07) is 1.62. The van der Waals surface area contributed by atoms with Gasteiger partial charge in [0.25, 0.3) is 10.0 Å². The Morgan fingerprint density at radius 3 is 2.80 bits per heavy atom. The molecule has 1 rings (SSSR count). The topological polar surface area (TPSA) is 72.5 Å². The second kappa shape index (κ2) is 5.06. The molecule has 0 bridgehead atoms. The van der Waals surface area contributed by atoms with Gasteiger partial charge in [-0.3, -0.25) is 4.79 Å². The predicted octanol–water partition coefficient (Wildman–Crippen LogP) is 0.962. The van der Waals surface area contributed by atoms with E-state index in [1.807, 2.05) is 0 Å². The van der Waals surface area contributed by atoms with Crippen molar-refractivity contribution in [1.29, 1.82) is 0 Å². The van der Waals surface area contributed by atoms with Crippen molar-refractivity contribution in [1.82, 2.24) is 4.72 Å². The Morgan fingerprint density at radius 1 is 1.67 bits per heavy atom. The van der Waals surface area contributed by atoms with Crippen molar-refractivity contribution < 1.29 is 17.9 Å². The number of ether oxygens (including phenoxy) is 1. The third kappa shape index (κ3) is 3.26. The highest BCUT2D eigenvalue weighted by atomic mass is 79.9. The molecule has 0 aliphatic heterocycles. The fourth-order valence-electron chi connectivity index (χ4n) is 0.763. The van der Waals surface area contributed by atoms with Gasteiger partial charge in [-0.25, -0.2) is 8.42 Å². The van der Waals surface area contributed by atoms with Gasteiger partial charge in [-0.1, -0.05) is 0 Å². The van der Waals surface area contributed by atoms with Crippen LogP contribution in [0.25, 0.3) is 0 Å². The SMILES string of the molecule is COC(=O)CNS(=O)(=O)c1sccc1Br. The van der Waals surface area contributed by atoms with E-state index in [1.54, 1.807) is 11.4 Å². The van der Waals surface area contributed by atoms with Gasteiger partial charge in [-0.2, -0.15) is 4.72 Å². The van der Waals surface area contributed by atoms with Crippen LogP contribution in [0.3, 0.4) is 0 Å². The van der Waals surface area contributed by atoms with Gasteiger partial charge in [0.05, 0.1) is 7.11 Å². The van der Waals surface area contributed by atoms with Crippen molar-refractivity contribution in [3.8, 4) is 0 Å². The van der Waals surface area contributed by atoms with Crippen molar-refractivity contribution in [3.05, 3.63) is 15.9 Å². The van der Waals surface area contributed by atoms with Gasteiger partial charge in [-0.15, -0.1) is 11.3 Å². The Hall–Kier alpha value is -0.440. The molecule has 84 valence electrons. The molecule has 5 nitrogen and oxygen atoms in total. The molecule has 0 aromatic carbocycles. The smallest absolute Gasteiger partial charge is 0.320 e. The Kier molecular flexibility index (Phi) is 4.26. The van der Waals surface area contributed by atoms with E-state index in [-0.39, 0.29) is 10.8 Å². The van der Waals surface area contributed by atoms with Crippen molar-refractivity contribution in [3.63, 3.8) is 0 Å². The quantitative estimate of drug-likeness (QED) is 0.840. The number of carbonyl (C=O) groups is 1. The number of thiophene rings is 1. The van der Waals surface area contributed by atoms with Crippen LogP contribution in [0.2, 0.25) is 0 Å². The summed E-state index contributed by atoms with van der Waals surface area (Å²) in [5.41, 5.74) is 0. The summed E-state index contributed by atoms with van der Waals surface area (Å²) in [6.45, 7) is -0.372. The first-order valence-electron chi connectivity index (χ1n) is 3.77. The zero-order valence-corrected chi connectivity index (χ0v) is 10.9. The fourth-order valence-corrected chi connectivity index (χ4v) is 4.11. The predicted molar refractivity (Wildman–Crippen MR) is 59.2 cm³/mol. The van der Waals surface area contributed by atoms with Gasteiger partial charge >= 0.3 is 5.97 Å². The lowest BCUT2D eigenvalue weighted by atomic mass is 10.7. The van der Waals surface area contributed by atoms with Crippen LogP contribution >= 0.6 is 27.3 Å². The third-order valence-electron chi connectivity index (χ3n) is 1.46. The van der Waals surface area contributed by atoms with E-state index >= 15 is 0 Å². The minimum Gasteiger partial charge on any atom is -0.468 e. The van der Waals surface area contributed by atoms with E-state index in [9.17, 15) is 13.2 Å². The molecule has 0 saturated heterocycles. The normalized spacial score (nSPS) is 11.3. The summed E-state index contributed by atoms with van der Waals surface area (Å²) in [7, 11) is -2.44. The first-order chi connectivity index (χ1) is 6.97. The maximum absolute atomic E-state index is 11.6. The highest BCUT2D eigenvalue weighted by Crippen LogP contribution is 2.27. The van der Waals surface area contributed by atoms with E-state index < -0.39 is 16.0 Å². The summed E-state index contributed by atoms with van der Waals surface area (Å²) < 4.78 is 30.3. The summed E-state index contributed by atoms with van der Waals surface area (Å²) in [5.74, 6) is -0.633. The lowest BCUT2D eigenvalue weighted by Gasteiger charge is -2.03. The van der Waals surface area contributed by atoms with Crippen LogP contribution < -0.4 is 4.72 Å². The molecule has 1 heterocycles. The molecule has 0 aliphatic carbocycles. The molecule has 0 amide bonds. The zero-order valence-electron chi connectivity index (χ0n) is 7.69. The van der Waals surface area contributed by atoms with Crippen LogP contribution in [-0.4, -0.2) is 28.0 Å².